The van der Waals surface area contributed by atoms with Gasteiger partial charge in [-0.2, -0.15) is 0 Å². The molecule has 0 radical (unpaired) electrons. The SMILES string of the molecule is COc1cc(CN(C)CCCCC(C)(C)F)ccc1-c1cccc2c(CCC(=O)O)cccc12. The molecule has 4 nitrogen and oxygen atoms in total. The van der Waals surface area contributed by atoms with Crippen molar-refractivity contribution < 1.29 is 19.0 Å². The molecule has 0 saturated carbocycles. The van der Waals surface area contributed by atoms with Crippen molar-refractivity contribution in [3.05, 3.63) is 65.7 Å². The Hall–Kier alpha value is -2.92. The van der Waals surface area contributed by atoms with E-state index in [1.54, 1.807) is 21.0 Å². The highest BCUT2D eigenvalue weighted by Crippen LogP contribution is 2.37. The number of carboxylic acids is 1. The number of methoxy groups -OCH3 is 1. The van der Waals surface area contributed by atoms with Crippen molar-refractivity contribution in [2.75, 3.05) is 20.7 Å². The van der Waals surface area contributed by atoms with Crippen LogP contribution in [0.5, 0.6) is 5.75 Å². The quantitative estimate of drug-likeness (QED) is 0.296. The number of carbonyl (C=O) groups is 1. The molecule has 0 unspecified atom stereocenters. The van der Waals surface area contributed by atoms with Crippen LogP contribution in [0.15, 0.2) is 54.6 Å². The van der Waals surface area contributed by atoms with Crippen LogP contribution in [0.3, 0.4) is 0 Å². The third-order valence-corrected chi connectivity index (χ3v) is 6.19. The van der Waals surface area contributed by atoms with Crippen molar-refractivity contribution in [3.8, 4) is 16.9 Å². The summed E-state index contributed by atoms with van der Waals surface area (Å²) >= 11 is 0. The first-order chi connectivity index (χ1) is 16.2. The van der Waals surface area contributed by atoms with E-state index in [2.05, 4.69) is 48.3 Å². The van der Waals surface area contributed by atoms with Crippen LogP contribution < -0.4 is 4.74 Å². The Morgan fingerprint density at radius 3 is 2.47 bits per heavy atom. The van der Waals surface area contributed by atoms with Crippen LogP contribution in [0.2, 0.25) is 0 Å². The zero-order valence-electron chi connectivity index (χ0n) is 20.7. The van der Waals surface area contributed by atoms with Gasteiger partial charge in [0.1, 0.15) is 11.4 Å². The van der Waals surface area contributed by atoms with Crippen molar-refractivity contribution in [1.82, 2.24) is 4.90 Å². The number of unbranched alkanes of at least 4 members (excludes halogenated alkanes) is 1. The summed E-state index contributed by atoms with van der Waals surface area (Å²) in [4.78, 5) is 13.3. The van der Waals surface area contributed by atoms with Crippen LogP contribution in [0, 0.1) is 0 Å². The molecule has 0 fully saturated rings. The van der Waals surface area contributed by atoms with Crippen molar-refractivity contribution in [2.45, 2.75) is 58.2 Å². The number of fused-ring (bicyclic) bond motifs is 1. The summed E-state index contributed by atoms with van der Waals surface area (Å²) in [6.45, 7) is 4.99. The number of carboxylic acid groups (broad SMARTS) is 1. The highest BCUT2D eigenvalue weighted by atomic mass is 19.1. The number of hydrogen-bond donors (Lipinski definition) is 1. The summed E-state index contributed by atoms with van der Waals surface area (Å²) in [5.41, 5.74) is 3.19. The second kappa shape index (κ2) is 11.5. The predicted molar refractivity (Wildman–Crippen MR) is 137 cm³/mol. The minimum atomic E-state index is -1.10. The van der Waals surface area contributed by atoms with E-state index in [-0.39, 0.29) is 6.42 Å². The number of hydrogen-bond acceptors (Lipinski definition) is 3. The summed E-state index contributed by atoms with van der Waals surface area (Å²) in [5, 5.41) is 11.3. The van der Waals surface area contributed by atoms with E-state index >= 15 is 0 Å². The summed E-state index contributed by atoms with van der Waals surface area (Å²) in [6, 6.07) is 18.5. The third kappa shape index (κ3) is 7.04. The third-order valence-electron chi connectivity index (χ3n) is 6.19. The molecule has 0 aliphatic carbocycles. The molecule has 0 bridgehead atoms. The predicted octanol–water partition coefficient (Wildman–Crippen LogP) is 6.88. The van der Waals surface area contributed by atoms with Crippen molar-refractivity contribution >= 4 is 16.7 Å². The maximum Gasteiger partial charge on any atom is 0.303 e. The molecule has 0 aliphatic heterocycles. The summed E-state index contributed by atoms with van der Waals surface area (Å²) in [6.07, 6.45) is 3.05. The number of alkyl halides is 1. The Morgan fingerprint density at radius 1 is 1.03 bits per heavy atom. The molecule has 5 heteroatoms. The van der Waals surface area contributed by atoms with Gasteiger partial charge in [0.2, 0.25) is 0 Å². The van der Waals surface area contributed by atoms with Crippen molar-refractivity contribution in [1.29, 1.82) is 0 Å². The van der Waals surface area contributed by atoms with Gasteiger partial charge in [-0.1, -0.05) is 48.5 Å². The van der Waals surface area contributed by atoms with Gasteiger partial charge in [0.25, 0.3) is 0 Å². The van der Waals surface area contributed by atoms with Gasteiger partial charge in [0.05, 0.1) is 7.11 Å². The molecule has 0 heterocycles. The number of aryl methyl sites for hydroxylation is 1. The van der Waals surface area contributed by atoms with E-state index in [9.17, 15) is 9.18 Å². The number of aliphatic carboxylic acids is 1. The molecule has 34 heavy (non-hydrogen) atoms. The number of rotatable bonds is 12. The lowest BCUT2D eigenvalue weighted by atomic mass is 9.93. The van der Waals surface area contributed by atoms with Gasteiger partial charge in [0, 0.05) is 18.5 Å². The van der Waals surface area contributed by atoms with Crippen LogP contribution in [0.4, 0.5) is 4.39 Å². The maximum atomic E-state index is 13.7. The van der Waals surface area contributed by atoms with E-state index in [0.29, 0.717) is 12.8 Å². The normalized spacial score (nSPS) is 11.8. The second-order valence-electron chi connectivity index (χ2n) is 9.66. The fourth-order valence-electron chi connectivity index (χ4n) is 4.44. The van der Waals surface area contributed by atoms with E-state index < -0.39 is 11.6 Å². The van der Waals surface area contributed by atoms with Crippen LogP contribution in [-0.4, -0.2) is 42.3 Å². The van der Waals surface area contributed by atoms with Crippen molar-refractivity contribution in [2.24, 2.45) is 0 Å². The lowest BCUT2D eigenvalue weighted by Crippen LogP contribution is -2.20. The topological polar surface area (TPSA) is 49.8 Å². The molecule has 0 atom stereocenters. The molecule has 0 aliphatic rings. The first-order valence-corrected chi connectivity index (χ1v) is 11.9. The highest BCUT2D eigenvalue weighted by Gasteiger charge is 2.15. The van der Waals surface area contributed by atoms with Gasteiger partial charge >= 0.3 is 5.97 Å². The Bertz CT molecular complexity index is 1120. The molecule has 182 valence electrons. The minimum absolute atomic E-state index is 0.112. The fraction of sp³-hybridized carbons (Fsp3) is 0.414. The molecule has 0 amide bonds. The Kier molecular flexibility index (Phi) is 8.67. The zero-order chi connectivity index (χ0) is 24.7. The Labute approximate surface area is 202 Å². The number of benzene rings is 3. The molecule has 3 rings (SSSR count). The lowest BCUT2D eigenvalue weighted by molar-refractivity contribution is -0.136. The Morgan fingerprint density at radius 2 is 1.76 bits per heavy atom. The standard InChI is InChI=1S/C29H36FNO3/c1-29(2,30)17-5-6-18-31(3)20-21-13-15-26(27(19-21)34-4)25-12-8-10-23-22(14-16-28(32)33)9-7-11-24(23)25/h7-13,15,19H,5-6,14,16-18,20H2,1-4H3,(H,32,33). The van der Waals surface area contributed by atoms with Crippen LogP contribution in [0.1, 0.15) is 50.7 Å². The molecule has 0 spiro atoms. The van der Waals surface area contributed by atoms with Gasteiger partial charge in [-0.05, 0) is 86.7 Å². The first kappa shape index (κ1) is 25.7. The van der Waals surface area contributed by atoms with E-state index in [1.807, 2.05) is 18.2 Å². The van der Waals surface area contributed by atoms with Gasteiger partial charge in [-0.25, -0.2) is 4.39 Å². The molecule has 1 N–H and O–H groups in total. The molecular formula is C29H36FNO3. The van der Waals surface area contributed by atoms with Crippen LogP contribution in [0.25, 0.3) is 21.9 Å². The van der Waals surface area contributed by atoms with Crippen molar-refractivity contribution in [3.63, 3.8) is 0 Å². The Balaban J connectivity index is 1.79. The lowest BCUT2D eigenvalue weighted by Gasteiger charge is -2.19. The van der Waals surface area contributed by atoms with E-state index in [1.165, 1.54) is 0 Å². The molecule has 0 saturated heterocycles. The van der Waals surface area contributed by atoms with Gasteiger partial charge in [-0.3, -0.25) is 4.79 Å². The molecule has 3 aromatic carbocycles. The zero-order valence-corrected chi connectivity index (χ0v) is 20.7. The molecule has 0 aromatic heterocycles. The van der Waals surface area contributed by atoms with Crippen LogP contribution >= 0.6 is 0 Å². The number of nitrogens with zero attached hydrogens (tertiary/aromatic N) is 1. The summed E-state index contributed by atoms with van der Waals surface area (Å²) in [5.74, 6) is 0.0233. The summed E-state index contributed by atoms with van der Waals surface area (Å²) in [7, 11) is 3.78. The smallest absolute Gasteiger partial charge is 0.303 e. The fourth-order valence-corrected chi connectivity index (χ4v) is 4.44. The average molecular weight is 466 g/mol. The first-order valence-electron chi connectivity index (χ1n) is 11.9. The van der Waals surface area contributed by atoms with E-state index in [4.69, 9.17) is 9.84 Å². The van der Waals surface area contributed by atoms with Crippen LogP contribution in [-0.2, 0) is 17.8 Å². The molecule has 3 aromatic rings. The summed E-state index contributed by atoms with van der Waals surface area (Å²) < 4.78 is 19.4. The second-order valence-corrected chi connectivity index (χ2v) is 9.66. The number of ether oxygens (including phenoxy) is 1. The average Bonchev–Trinajstić information content (AvgIpc) is 2.79. The number of halogens is 1. The van der Waals surface area contributed by atoms with Gasteiger partial charge in [0.15, 0.2) is 0 Å². The highest BCUT2D eigenvalue weighted by molar-refractivity contribution is 5.99. The molecular weight excluding hydrogens is 429 g/mol. The van der Waals surface area contributed by atoms with Gasteiger partial charge in [-0.15, -0.1) is 0 Å². The maximum absolute atomic E-state index is 13.7. The monoisotopic (exact) mass is 465 g/mol. The minimum Gasteiger partial charge on any atom is -0.496 e. The van der Waals surface area contributed by atoms with E-state index in [0.717, 1.165) is 64.7 Å². The van der Waals surface area contributed by atoms with Gasteiger partial charge < -0.3 is 14.7 Å². The largest absolute Gasteiger partial charge is 0.496 e.